The Labute approximate surface area is 153 Å². The zero-order valence-electron chi connectivity index (χ0n) is 14.8. The Hall–Kier alpha value is -2.67. The molecule has 3 aromatic rings. The summed E-state index contributed by atoms with van der Waals surface area (Å²) in [6.07, 6.45) is 4.10. The van der Waals surface area contributed by atoms with Gasteiger partial charge in [-0.25, -0.2) is 8.42 Å². The first kappa shape index (κ1) is 18.1. The molecule has 0 aliphatic rings. The lowest BCUT2D eigenvalue weighted by molar-refractivity contribution is 0.602. The van der Waals surface area contributed by atoms with Crippen LogP contribution in [0, 0.1) is 5.41 Å². The molecule has 0 aliphatic carbocycles. The van der Waals surface area contributed by atoms with E-state index in [1.165, 1.54) is 6.26 Å². The van der Waals surface area contributed by atoms with Crippen LogP contribution in [0.3, 0.4) is 0 Å². The molecule has 7 heteroatoms. The summed E-state index contributed by atoms with van der Waals surface area (Å²) in [5, 5.41) is 19.6. The Morgan fingerprint density at radius 3 is 2.65 bits per heavy atom. The van der Waals surface area contributed by atoms with Gasteiger partial charge in [-0.3, -0.25) is 5.10 Å². The molecule has 1 unspecified atom stereocenters. The third kappa shape index (κ3) is 4.49. The molecule has 1 heterocycles. The molecule has 3 rings (SSSR count). The van der Waals surface area contributed by atoms with Crippen molar-refractivity contribution in [3.8, 4) is 0 Å². The second-order valence-electron chi connectivity index (χ2n) is 6.62. The molecule has 0 fully saturated rings. The van der Waals surface area contributed by atoms with Gasteiger partial charge in [0, 0.05) is 41.9 Å². The third-order valence-electron chi connectivity index (χ3n) is 4.17. The summed E-state index contributed by atoms with van der Waals surface area (Å²) < 4.78 is 23.0. The molecule has 6 nitrogen and oxygen atoms in total. The maximum atomic E-state index is 11.5. The molecule has 0 saturated heterocycles. The van der Waals surface area contributed by atoms with E-state index in [0.717, 1.165) is 22.2 Å². The summed E-state index contributed by atoms with van der Waals surface area (Å²) in [7, 11) is -3.18. The summed E-state index contributed by atoms with van der Waals surface area (Å²) in [6.45, 7) is 2.04. The Morgan fingerprint density at radius 2 is 1.96 bits per heavy atom. The quantitative estimate of drug-likeness (QED) is 0.555. The van der Waals surface area contributed by atoms with Crippen LogP contribution in [0.1, 0.15) is 18.9 Å². The Bertz CT molecular complexity index is 1020. The SMILES string of the molecule is CC(CC(=N)Cc1ccc(S(C)(=O)=O)cc1)Nc1ccc2[nH]ncc2c1. The fourth-order valence-corrected chi connectivity index (χ4v) is 3.54. The van der Waals surface area contributed by atoms with Gasteiger partial charge in [0.05, 0.1) is 16.6 Å². The number of aromatic amines is 1. The van der Waals surface area contributed by atoms with Gasteiger partial charge in [-0.05, 0) is 42.8 Å². The van der Waals surface area contributed by atoms with Gasteiger partial charge in [0.1, 0.15) is 0 Å². The number of sulfone groups is 1. The lowest BCUT2D eigenvalue weighted by Crippen LogP contribution is -2.20. The molecule has 0 spiro atoms. The molecule has 1 aromatic heterocycles. The average molecular weight is 370 g/mol. The molecule has 1 atom stereocenters. The highest BCUT2D eigenvalue weighted by atomic mass is 32.2. The minimum absolute atomic E-state index is 0.113. The van der Waals surface area contributed by atoms with Crippen LogP contribution in [0.25, 0.3) is 10.9 Å². The maximum absolute atomic E-state index is 11.5. The lowest BCUT2D eigenvalue weighted by atomic mass is 10.0. The summed E-state index contributed by atoms with van der Waals surface area (Å²) >= 11 is 0. The molecule has 26 heavy (non-hydrogen) atoms. The number of fused-ring (bicyclic) bond motifs is 1. The van der Waals surface area contributed by atoms with Crippen LogP contribution in [0.15, 0.2) is 53.6 Å². The second kappa shape index (κ2) is 7.29. The zero-order chi connectivity index (χ0) is 18.7. The first-order valence-corrected chi connectivity index (χ1v) is 10.3. The standard InChI is InChI=1S/C19H22N4O2S/c1-13(22-17-5-8-19-15(11-17)12-21-23-19)9-16(20)10-14-3-6-18(7-4-14)26(2,24)25/h3-8,11-13,20,22H,9-10H2,1-2H3,(H,21,23). The van der Waals surface area contributed by atoms with Crippen LogP contribution in [0.2, 0.25) is 0 Å². The van der Waals surface area contributed by atoms with E-state index >= 15 is 0 Å². The highest BCUT2D eigenvalue weighted by molar-refractivity contribution is 7.90. The van der Waals surface area contributed by atoms with E-state index in [1.54, 1.807) is 30.5 Å². The topological polar surface area (TPSA) is 98.7 Å². The van der Waals surface area contributed by atoms with Crippen molar-refractivity contribution in [3.05, 3.63) is 54.2 Å². The Morgan fingerprint density at radius 1 is 1.23 bits per heavy atom. The van der Waals surface area contributed by atoms with Gasteiger partial charge in [0.25, 0.3) is 0 Å². The summed E-state index contributed by atoms with van der Waals surface area (Å²) in [5.74, 6) is 0. The van der Waals surface area contributed by atoms with E-state index in [2.05, 4.69) is 15.5 Å². The van der Waals surface area contributed by atoms with Gasteiger partial charge in [0.2, 0.25) is 0 Å². The summed E-state index contributed by atoms with van der Waals surface area (Å²) in [5.41, 5.74) is 3.53. The van der Waals surface area contributed by atoms with Crippen molar-refractivity contribution >= 4 is 32.1 Å². The zero-order valence-corrected chi connectivity index (χ0v) is 15.6. The minimum Gasteiger partial charge on any atom is -0.382 e. The minimum atomic E-state index is -3.18. The highest BCUT2D eigenvalue weighted by Crippen LogP contribution is 2.18. The van der Waals surface area contributed by atoms with Crippen LogP contribution >= 0.6 is 0 Å². The predicted octanol–water partition coefficient (Wildman–Crippen LogP) is 3.42. The maximum Gasteiger partial charge on any atom is 0.175 e. The molecule has 2 aromatic carbocycles. The number of H-pyrrole nitrogens is 1. The number of nitrogens with one attached hydrogen (secondary N) is 3. The van der Waals surface area contributed by atoms with E-state index in [-0.39, 0.29) is 6.04 Å². The molecule has 136 valence electrons. The van der Waals surface area contributed by atoms with Crippen LogP contribution in [-0.4, -0.2) is 36.6 Å². The molecular weight excluding hydrogens is 348 g/mol. The van der Waals surface area contributed by atoms with Crippen LogP contribution in [0.4, 0.5) is 5.69 Å². The van der Waals surface area contributed by atoms with Crippen LogP contribution < -0.4 is 5.32 Å². The number of nitrogens with zero attached hydrogens (tertiary/aromatic N) is 1. The predicted molar refractivity (Wildman–Crippen MR) is 105 cm³/mol. The second-order valence-corrected chi connectivity index (χ2v) is 8.63. The van der Waals surface area contributed by atoms with Gasteiger partial charge in [-0.1, -0.05) is 12.1 Å². The number of hydrogen-bond donors (Lipinski definition) is 3. The monoisotopic (exact) mass is 370 g/mol. The molecule has 0 saturated carbocycles. The van der Waals surface area contributed by atoms with Gasteiger partial charge in [-0.2, -0.15) is 5.10 Å². The number of hydrogen-bond acceptors (Lipinski definition) is 5. The molecule has 3 N–H and O–H groups in total. The number of anilines is 1. The molecule has 0 amide bonds. The molecular formula is C19H22N4O2S. The fraction of sp³-hybridized carbons (Fsp3) is 0.263. The van der Waals surface area contributed by atoms with Crippen molar-refractivity contribution in [1.29, 1.82) is 5.41 Å². The van der Waals surface area contributed by atoms with E-state index in [0.29, 0.717) is 23.4 Å². The summed E-state index contributed by atoms with van der Waals surface area (Å²) in [4.78, 5) is 0.303. The van der Waals surface area contributed by atoms with Crippen molar-refractivity contribution in [1.82, 2.24) is 10.2 Å². The number of aromatic nitrogens is 2. The third-order valence-corrected chi connectivity index (χ3v) is 5.30. The van der Waals surface area contributed by atoms with Gasteiger partial charge in [0.15, 0.2) is 9.84 Å². The number of rotatable bonds is 7. The van der Waals surface area contributed by atoms with E-state index < -0.39 is 9.84 Å². The van der Waals surface area contributed by atoms with Gasteiger partial charge >= 0.3 is 0 Å². The van der Waals surface area contributed by atoms with Crippen molar-refractivity contribution < 1.29 is 8.42 Å². The van der Waals surface area contributed by atoms with E-state index in [1.807, 2.05) is 25.1 Å². The molecule has 0 aliphatic heterocycles. The normalized spacial score (nSPS) is 12.8. The first-order chi connectivity index (χ1) is 12.3. The lowest BCUT2D eigenvalue weighted by Gasteiger charge is -2.16. The van der Waals surface area contributed by atoms with Crippen molar-refractivity contribution in [2.24, 2.45) is 0 Å². The first-order valence-electron chi connectivity index (χ1n) is 8.36. The summed E-state index contributed by atoms with van der Waals surface area (Å²) in [6, 6.07) is 12.9. The van der Waals surface area contributed by atoms with E-state index in [9.17, 15) is 8.42 Å². The largest absolute Gasteiger partial charge is 0.382 e. The van der Waals surface area contributed by atoms with Crippen molar-refractivity contribution in [3.63, 3.8) is 0 Å². The number of benzene rings is 2. The van der Waals surface area contributed by atoms with Gasteiger partial charge < -0.3 is 10.7 Å². The Balaban J connectivity index is 1.56. The Kier molecular flexibility index (Phi) is 5.08. The van der Waals surface area contributed by atoms with Gasteiger partial charge in [-0.15, -0.1) is 0 Å². The van der Waals surface area contributed by atoms with Crippen molar-refractivity contribution in [2.45, 2.75) is 30.7 Å². The molecule has 0 bridgehead atoms. The van der Waals surface area contributed by atoms with E-state index in [4.69, 9.17) is 5.41 Å². The highest BCUT2D eigenvalue weighted by Gasteiger charge is 2.10. The smallest absolute Gasteiger partial charge is 0.175 e. The molecule has 0 radical (unpaired) electrons. The van der Waals surface area contributed by atoms with Crippen LogP contribution in [-0.2, 0) is 16.3 Å². The fourth-order valence-electron chi connectivity index (χ4n) is 2.91. The average Bonchev–Trinajstić information content (AvgIpc) is 3.01. The van der Waals surface area contributed by atoms with Crippen LogP contribution in [0.5, 0.6) is 0 Å². The van der Waals surface area contributed by atoms with Crippen molar-refractivity contribution in [2.75, 3.05) is 11.6 Å².